The molecule has 0 aromatic heterocycles. The van der Waals surface area contributed by atoms with Crippen LogP contribution in [0, 0.1) is 23.7 Å². The van der Waals surface area contributed by atoms with E-state index in [1.165, 1.54) is 225 Å². The minimum absolute atomic E-state index is 0.105. The van der Waals surface area contributed by atoms with Crippen LogP contribution in [-0.2, 0) is 65.4 Å². The van der Waals surface area contributed by atoms with E-state index in [-0.39, 0.29) is 25.7 Å². The SMILES string of the molecule is CCC(C)CCCCCCCCCCCCCCCCC(=O)OC[C@H](COP(=O)(O)OC[C@@H](O)COP(=O)(O)OC[C@@H](COC(=O)CCCCCCCCCCC(C)C)OC(=O)CCCCCCCCCCCCC(C)CC)OC(=O)CCCCCCCCCCCCCCCCC(C)CC. The summed E-state index contributed by atoms with van der Waals surface area (Å²) in [5.41, 5.74) is 0. The number of ether oxygens (including phenoxy) is 4. The highest BCUT2D eigenvalue weighted by atomic mass is 31.2. The van der Waals surface area contributed by atoms with E-state index in [0.29, 0.717) is 25.7 Å². The third-order valence-corrected chi connectivity index (χ3v) is 22.1. The van der Waals surface area contributed by atoms with Gasteiger partial charge in [0.1, 0.15) is 19.3 Å². The van der Waals surface area contributed by atoms with Crippen molar-refractivity contribution in [3.8, 4) is 0 Å². The van der Waals surface area contributed by atoms with Crippen LogP contribution >= 0.6 is 15.6 Å². The molecule has 0 aliphatic carbocycles. The van der Waals surface area contributed by atoms with E-state index < -0.39 is 97.5 Å². The smallest absolute Gasteiger partial charge is 0.462 e. The lowest BCUT2D eigenvalue weighted by Gasteiger charge is -2.21. The van der Waals surface area contributed by atoms with E-state index in [1.54, 1.807) is 0 Å². The zero-order valence-electron chi connectivity index (χ0n) is 66.5. The quantitative estimate of drug-likeness (QED) is 0.0222. The normalized spacial score (nSPS) is 14.8. The molecule has 0 bridgehead atoms. The van der Waals surface area contributed by atoms with E-state index >= 15 is 0 Å². The van der Waals surface area contributed by atoms with E-state index in [0.717, 1.165) is 114 Å². The molecule has 0 saturated heterocycles. The molecule has 0 saturated carbocycles. The van der Waals surface area contributed by atoms with Crippen molar-refractivity contribution < 1.29 is 80.2 Å². The molecule has 0 aliphatic heterocycles. The molecule has 0 spiro atoms. The van der Waals surface area contributed by atoms with Gasteiger partial charge < -0.3 is 33.8 Å². The lowest BCUT2D eigenvalue weighted by atomic mass is 9.99. The minimum atomic E-state index is -4.96. The molecular formula is C82H160O17P2. The third-order valence-electron chi connectivity index (χ3n) is 20.2. The molecule has 19 heteroatoms. The number of rotatable bonds is 79. The Hall–Kier alpha value is -1.94. The Morgan fingerprint density at radius 2 is 0.475 bits per heavy atom. The highest BCUT2D eigenvalue weighted by Crippen LogP contribution is 2.45. The van der Waals surface area contributed by atoms with Crippen LogP contribution in [0.4, 0.5) is 0 Å². The van der Waals surface area contributed by atoms with E-state index in [9.17, 15) is 43.2 Å². The maximum Gasteiger partial charge on any atom is 0.472 e. The van der Waals surface area contributed by atoms with Crippen molar-refractivity contribution in [3.05, 3.63) is 0 Å². The molecule has 0 aromatic rings. The summed E-state index contributed by atoms with van der Waals surface area (Å²) in [5.74, 6) is 1.11. The standard InChI is InChI=1S/C82H160O17P2/c1-9-73(6)59-51-43-35-26-20-16-12-14-18-22-29-38-46-54-62-79(84)92-68-77(98-81(86)64-56-48-40-30-23-19-15-13-17-21-27-36-44-52-60-74(7)10-2)70-96-100(88,89)94-66-76(83)67-95-101(90,91)97-71-78(69-93-80(85)63-55-47-39-33-32-34-42-50-58-72(4)5)99-82(87)65-57-49-41-31-25-24-28-37-45-53-61-75(8)11-3/h72-78,83H,9-71H2,1-8H3,(H,88,89)(H,90,91)/t73?,74?,75?,76-,77-,78-/m1/s1. The molecule has 0 aliphatic rings. The van der Waals surface area contributed by atoms with Crippen LogP contribution in [0.5, 0.6) is 0 Å². The number of hydrogen-bond donors (Lipinski definition) is 3. The van der Waals surface area contributed by atoms with Crippen molar-refractivity contribution in [3.63, 3.8) is 0 Å². The number of aliphatic hydroxyl groups excluding tert-OH is 1. The Balaban J connectivity index is 5.27. The zero-order chi connectivity index (χ0) is 74.6. The van der Waals surface area contributed by atoms with Gasteiger partial charge >= 0.3 is 39.5 Å². The van der Waals surface area contributed by atoms with Crippen molar-refractivity contribution in [2.24, 2.45) is 23.7 Å². The van der Waals surface area contributed by atoms with Crippen LogP contribution in [0.15, 0.2) is 0 Å². The monoisotopic (exact) mass is 1480 g/mol. The van der Waals surface area contributed by atoms with Crippen molar-refractivity contribution in [1.82, 2.24) is 0 Å². The summed E-state index contributed by atoms with van der Waals surface area (Å²) in [6.07, 6.45) is 58.1. The maximum absolute atomic E-state index is 13.1. The second-order valence-electron chi connectivity index (χ2n) is 30.7. The Labute approximate surface area is 619 Å². The second kappa shape index (κ2) is 71.0. The number of phosphoric ester groups is 2. The van der Waals surface area contributed by atoms with Gasteiger partial charge in [0.2, 0.25) is 0 Å². The van der Waals surface area contributed by atoms with E-state index in [4.69, 9.17) is 37.0 Å². The predicted octanol–water partition coefficient (Wildman–Crippen LogP) is 24.4. The summed E-state index contributed by atoms with van der Waals surface area (Å²) in [6.45, 7) is 14.4. The van der Waals surface area contributed by atoms with Gasteiger partial charge in [-0.05, 0) is 49.4 Å². The third kappa shape index (κ3) is 72.1. The first-order chi connectivity index (χ1) is 48.7. The summed E-state index contributed by atoms with van der Waals surface area (Å²) in [6, 6.07) is 0. The first-order valence-corrected chi connectivity index (χ1v) is 45.3. The number of phosphoric acid groups is 2. The zero-order valence-corrected chi connectivity index (χ0v) is 68.3. The van der Waals surface area contributed by atoms with Gasteiger partial charge in [-0.1, -0.05) is 370 Å². The molecule has 17 nitrogen and oxygen atoms in total. The van der Waals surface area contributed by atoms with Gasteiger partial charge in [-0.25, -0.2) is 9.13 Å². The van der Waals surface area contributed by atoms with Crippen molar-refractivity contribution in [2.45, 2.75) is 440 Å². The molecule has 5 unspecified atom stereocenters. The number of esters is 4. The van der Waals surface area contributed by atoms with Gasteiger partial charge in [0, 0.05) is 25.7 Å². The summed E-state index contributed by atoms with van der Waals surface area (Å²) < 4.78 is 68.8. The fraction of sp³-hybridized carbons (Fsp3) is 0.951. The van der Waals surface area contributed by atoms with Gasteiger partial charge in [-0.15, -0.1) is 0 Å². The molecular weight excluding hydrogens is 1320 g/mol. The fourth-order valence-electron chi connectivity index (χ4n) is 12.5. The number of carbonyl (C=O) groups is 4. The Morgan fingerprint density at radius 3 is 0.703 bits per heavy atom. The predicted molar refractivity (Wildman–Crippen MR) is 414 cm³/mol. The van der Waals surface area contributed by atoms with Gasteiger partial charge in [0.25, 0.3) is 0 Å². The average Bonchev–Trinajstić information content (AvgIpc) is 1.03. The summed E-state index contributed by atoms with van der Waals surface area (Å²) >= 11 is 0. The van der Waals surface area contributed by atoms with Gasteiger partial charge in [-0.2, -0.15) is 0 Å². The van der Waals surface area contributed by atoms with Crippen molar-refractivity contribution >= 4 is 39.5 Å². The van der Waals surface area contributed by atoms with Gasteiger partial charge in [0.05, 0.1) is 26.4 Å². The molecule has 0 fully saturated rings. The Morgan fingerprint density at radius 1 is 0.277 bits per heavy atom. The summed E-state index contributed by atoms with van der Waals surface area (Å²) in [7, 11) is -9.92. The number of unbranched alkanes of at least 4 members (excludes halogenated alkanes) is 42. The number of carbonyl (C=O) groups excluding carboxylic acids is 4. The van der Waals surface area contributed by atoms with Crippen LogP contribution < -0.4 is 0 Å². The largest absolute Gasteiger partial charge is 0.472 e. The molecule has 0 heterocycles. The molecule has 8 atom stereocenters. The van der Waals surface area contributed by atoms with Gasteiger partial charge in [0.15, 0.2) is 12.2 Å². The molecule has 600 valence electrons. The highest BCUT2D eigenvalue weighted by Gasteiger charge is 2.30. The lowest BCUT2D eigenvalue weighted by Crippen LogP contribution is -2.30. The first-order valence-electron chi connectivity index (χ1n) is 42.3. The van der Waals surface area contributed by atoms with Crippen LogP contribution in [0.2, 0.25) is 0 Å². The summed E-state index contributed by atoms with van der Waals surface area (Å²) in [4.78, 5) is 73.1. The van der Waals surface area contributed by atoms with Crippen LogP contribution in [0.25, 0.3) is 0 Å². The molecule has 0 rings (SSSR count). The molecule has 0 radical (unpaired) electrons. The average molecular weight is 1480 g/mol. The molecule has 0 amide bonds. The fourth-order valence-corrected chi connectivity index (χ4v) is 14.1. The molecule has 3 N–H and O–H groups in total. The summed E-state index contributed by atoms with van der Waals surface area (Å²) in [5, 5.41) is 10.7. The van der Waals surface area contributed by atoms with Crippen molar-refractivity contribution in [2.75, 3.05) is 39.6 Å². The maximum atomic E-state index is 13.1. The van der Waals surface area contributed by atoms with Crippen LogP contribution in [0.3, 0.4) is 0 Å². The van der Waals surface area contributed by atoms with Crippen LogP contribution in [0.1, 0.15) is 421 Å². The minimum Gasteiger partial charge on any atom is -0.462 e. The number of hydrogen-bond acceptors (Lipinski definition) is 15. The van der Waals surface area contributed by atoms with Gasteiger partial charge in [-0.3, -0.25) is 37.3 Å². The molecule has 101 heavy (non-hydrogen) atoms. The van der Waals surface area contributed by atoms with E-state index in [1.807, 2.05) is 0 Å². The number of aliphatic hydroxyl groups is 1. The van der Waals surface area contributed by atoms with E-state index in [2.05, 4.69) is 55.4 Å². The van der Waals surface area contributed by atoms with Crippen LogP contribution in [-0.4, -0.2) is 96.7 Å². The first kappa shape index (κ1) is 99.1. The topological polar surface area (TPSA) is 237 Å². The Kier molecular flexibility index (Phi) is 69.6. The highest BCUT2D eigenvalue weighted by molar-refractivity contribution is 7.47. The molecule has 0 aromatic carbocycles. The Bertz CT molecular complexity index is 1980. The lowest BCUT2D eigenvalue weighted by molar-refractivity contribution is -0.161. The second-order valence-corrected chi connectivity index (χ2v) is 33.6. The van der Waals surface area contributed by atoms with Crippen molar-refractivity contribution in [1.29, 1.82) is 0 Å².